The Balaban J connectivity index is 2.08. The molecule has 0 aromatic carbocycles. The Hall–Kier alpha value is -0.0400. The molecule has 15 heavy (non-hydrogen) atoms. The smallest absolute Gasteiger partial charge is 0.0104 e. The fourth-order valence-corrected chi connectivity index (χ4v) is 3.76. The Labute approximate surface area is 95.2 Å². The quantitative estimate of drug-likeness (QED) is 0.637. The van der Waals surface area contributed by atoms with Gasteiger partial charge in [0.1, 0.15) is 0 Å². The molecule has 0 unspecified atom stereocenters. The molecular formula is C14H27N. The predicted molar refractivity (Wildman–Crippen MR) is 66.0 cm³/mol. The van der Waals surface area contributed by atoms with E-state index in [1.54, 1.807) is 0 Å². The molecule has 2 heterocycles. The molecule has 0 N–H and O–H groups in total. The van der Waals surface area contributed by atoms with Crippen molar-refractivity contribution in [3.05, 3.63) is 0 Å². The first-order valence-electron chi connectivity index (χ1n) is 6.67. The van der Waals surface area contributed by atoms with Crippen LogP contribution in [0.2, 0.25) is 0 Å². The van der Waals surface area contributed by atoms with Crippen molar-refractivity contribution in [3.8, 4) is 0 Å². The van der Waals surface area contributed by atoms with Crippen LogP contribution in [0, 0.1) is 11.3 Å². The van der Waals surface area contributed by atoms with E-state index in [9.17, 15) is 0 Å². The Morgan fingerprint density at radius 1 is 1.00 bits per heavy atom. The molecular weight excluding hydrogens is 182 g/mol. The number of nitrogens with zero attached hydrogens (tertiary/aromatic N) is 1. The van der Waals surface area contributed by atoms with Gasteiger partial charge in [-0.1, -0.05) is 20.8 Å². The molecule has 0 radical (unpaired) electrons. The maximum atomic E-state index is 2.79. The SMILES string of the molecule is CC(C)N1[C@@H]2CC[C@H]1C[C@H](C(C)(C)C)C2. The van der Waals surface area contributed by atoms with Gasteiger partial charge in [0.25, 0.3) is 0 Å². The number of hydrogen-bond acceptors (Lipinski definition) is 1. The van der Waals surface area contributed by atoms with Crippen molar-refractivity contribution in [2.45, 2.75) is 78.4 Å². The third kappa shape index (κ3) is 2.08. The fourth-order valence-electron chi connectivity index (χ4n) is 3.76. The summed E-state index contributed by atoms with van der Waals surface area (Å²) in [6, 6.07) is 2.55. The first-order chi connectivity index (χ1) is 6.89. The van der Waals surface area contributed by atoms with Gasteiger partial charge in [-0.3, -0.25) is 4.90 Å². The summed E-state index contributed by atoms with van der Waals surface area (Å²) in [5.41, 5.74) is 0.518. The van der Waals surface area contributed by atoms with E-state index < -0.39 is 0 Å². The zero-order valence-corrected chi connectivity index (χ0v) is 11.1. The molecule has 2 bridgehead atoms. The van der Waals surface area contributed by atoms with Gasteiger partial charge in [-0.2, -0.15) is 0 Å². The van der Waals surface area contributed by atoms with Crippen LogP contribution in [0.15, 0.2) is 0 Å². The lowest BCUT2D eigenvalue weighted by atomic mass is 9.73. The molecule has 0 saturated carbocycles. The van der Waals surface area contributed by atoms with Gasteiger partial charge < -0.3 is 0 Å². The van der Waals surface area contributed by atoms with Crippen molar-refractivity contribution in [2.24, 2.45) is 11.3 Å². The van der Waals surface area contributed by atoms with Crippen molar-refractivity contribution in [1.29, 1.82) is 0 Å². The van der Waals surface area contributed by atoms with E-state index in [-0.39, 0.29) is 0 Å². The first-order valence-corrected chi connectivity index (χ1v) is 6.67. The van der Waals surface area contributed by atoms with Crippen LogP contribution in [0.25, 0.3) is 0 Å². The average molecular weight is 209 g/mol. The average Bonchev–Trinajstić information content (AvgIpc) is 2.35. The highest BCUT2D eigenvalue weighted by Crippen LogP contribution is 2.45. The third-order valence-electron chi connectivity index (χ3n) is 4.61. The molecule has 2 saturated heterocycles. The third-order valence-corrected chi connectivity index (χ3v) is 4.61. The summed E-state index contributed by atoms with van der Waals surface area (Å²) in [7, 11) is 0. The van der Waals surface area contributed by atoms with Crippen LogP contribution in [0.5, 0.6) is 0 Å². The highest BCUT2D eigenvalue weighted by atomic mass is 15.2. The Morgan fingerprint density at radius 3 is 1.80 bits per heavy atom. The molecule has 88 valence electrons. The Morgan fingerprint density at radius 2 is 1.47 bits per heavy atom. The van der Waals surface area contributed by atoms with Gasteiger partial charge >= 0.3 is 0 Å². The number of fused-ring (bicyclic) bond motifs is 2. The van der Waals surface area contributed by atoms with Crippen LogP contribution >= 0.6 is 0 Å². The molecule has 2 aliphatic heterocycles. The lowest BCUT2D eigenvalue weighted by Crippen LogP contribution is -2.48. The second-order valence-electron chi connectivity index (χ2n) is 6.96. The maximum absolute atomic E-state index is 2.79. The van der Waals surface area contributed by atoms with Crippen LogP contribution in [-0.2, 0) is 0 Å². The second kappa shape index (κ2) is 3.76. The van der Waals surface area contributed by atoms with E-state index in [1.165, 1.54) is 25.7 Å². The highest BCUT2D eigenvalue weighted by Gasteiger charge is 2.44. The molecule has 0 amide bonds. The molecule has 0 aromatic heterocycles. The molecule has 0 spiro atoms. The van der Waals surface area contributed by atoms with E-state index in [0.29, 0.717) is 5.41 Å². The number of piperidine rings is 1. The van der Waals surface area contributed by atoms with Crippen LogP contribution in [0.1, 0.15) is 60.3 Å². The van der Waals surface area contributed by atoms with E-state index >= 15 is 0 Å². The minimum absolute atomic E-state index is 0.518. The van der Waals surface area contributed by atoms with Crippen molar-refractivity contribution >= 4 is 0 Å². The van der Waals surface area contributed by atoms with Gasteiger partial charge in [0.2, 0.25) is 0 Å². The molecule has 2 rings (SSSR count). The molecule has 1 heteroatoms. The highest BCUT2D eigenvalue weighted by molar-refractivity contribution is 4.98. The summed E-state index contributed by atoms with van der Waals surface area (Å²) in [6.07, 6.45) is 5.79. The molecule has 3 atom stereocenters. The van der Waals surface area contributed by atoms with Gasteiger partial charge in [0, 0.05) is 18.1 Å². The number of hydrogen-bond donors (Lipinski definition) is 0. The van der Waals surface area contributed by atoms with Crippen LogP contribution < -0.4 is 0 Å². The largest absolute Gasteiger partial charge is 0.295 e. The maximum Gasteiger partial charge on any atom is 0.0104 e. The molecule has 0 aliphatic carbocycles. The summed E-state index contributed by atoms with van der Waals surface area (Å²) in [5.74, 6) is 0.949. The van der Waals surface area contributed by atoms with Gasteiger partial charge in [0.15, 0.2) is 0 Å². The van der Waals surface area contributed by atoms with E-state index in [4.69, 9.17) is 0 Å². The normalized spacial score (nSPS) is 37.6. The zero-order chi connectivity index (χ0) is 11.2. The summed E-state index contributed by atoms with van der Waals surface area (Å²) in [6.45, 7) is 12.0. The van der Waals surface area contributed by atoms with Gasteiger partial charge in [-0.25, -0.2) is 0 Å². The second-order valence-corrected chi connectivity index (χ2v) is 6.96. The lowest BCUT2D eigenvalue weighted by Gasteiger charge is -2.45. The Bertz CT molecular complexity index is 212. The lowest BCUT2D eigenvalue weighted by molar-refractivity contribution is 0.0342. The number of rotatable bonds is 1. The summed E-state index contributed by atoms with van der Waals surface area (Å²) in [5, 5.41) is 0. The predicted octanol–water partition coefficient (Wildman–Crippen LogP) is 3.68. The standard InChI is InChI=1S/C14H27N/c1-10(2)15-12-6-7-13(15)9-11(8-12)14(3,4)5/h10-13H,6-9H2,1-5H3/t11-,12-,13+. The van der Waals surface area contributed by atoms with Crippen LogP contribution in [-0.4, -0.2) is 23.0 Å². The molecule has 1 nitrogen and oxygen atoms in total. The summed E-state index contributed by atoms with van der Waals surface area (Å²) < 4.78 is 0. The molecule has 2 fully saturated rings. The Kier molecular flexibility index (Phi) is 2.87. The van der Waals surface area contributed by atoms with Crippen LogP contribution in [0.4, 0.5) is 0 Å². The molecule has 0 aromatic rings. The van der Waals surface area contributed by atoms with E-state index in [1.807, 2.05) is 0 Å². The van der Waals surface area contributed by atoms with Gasteiger partial charge in [0.05, 0.1) is 0 Å². The fraction of sp³-hybridized carbons (Fsp3) is 1.00. The monoisotopic (exact) mass is 209 g/mol. The van der Waals surface area contributed by atoms with E-state index in [0.717, 1.165) is 24.0 Å². The van der Waals surface area contributed by atoms with Crippen LogP contribution in [0.3, 0.4) is 0 Å². The van der Waals surface area contributed by atoms with Gasteiger partial charge in [-0.15, -0.1) is 0 Å². The first kappa shape index (κ1) is 11.4. The minimum Gasteiger partial charge on any atom is -0.295 e. The van der Waals surface area contributed by atoms with Crippen molar-refractivity contribution in [2.75, 3.05) is 0 Å². The topological polar surface area (TPSA) is 3.24 Å². The zero-order valence-electron chi connectivity index (χ0n) is 11.1. The van der Waals surface area contributed by atoms with Gasteiger partial charge in [-0.05, 0) is 50.9 Å². The van der Waals surface area contributed by atoms with Crippen molar-refractivity contribution in [3.63, 3.8) is 0 Å². The van der Waals surface area contributed by atoms with Crippen molar-refractivity contribution < 1.29 is 0 Å². The minimum atomic E-state index is 0.518. The summed E-state index contributed by atoms with van der Waals surface area (Å²) >= 11 is 0. The van der Waals surface area contributed by atoms with E-state index in [2.05, 4.69) is 39.5 Å². The summed E-state index contributed by atoms with van der Waals surface area (Å²) in [4.78, 5) is 2.79. The molecule has 2 aliphatic rings. The van der Waals surface area contributed by atoms with Crippen molar-refractivity contribution in [1.82, 2.24) is 4.90 Å².